The molecular formula is C13H10ClF2N3O3S. The standard InChI is InChI=1S/C13H10ClF2N3O3S/c14-13(15,16)22-9-3-1-8(2-4-9)18-11(21)7-23-12-17-6-5-10(20)19-12/h1-6H,7H2,(H,18,21)(H,17,19,20). The summed E-state index contributed by atoms with van der Waals surface area (Å²) in [7, 11) is 0. The van der Waals surface area contributed by atoms with Gasteiger partial charge in [0.1, 0.15) is 5.75 Å². The van der Waals surface area contributed by atoms with Gasteiger partial charge >= 0.3 is 5.57 Å². The van der Waals surface area contributed by atoms with Crippen molar-refractivity contribution in [3.63, 3.8) is 0 Å². The van der Waals surface area contributed by atoms with Crippen molar-refractivity contribution in [3.05, 3.63) is 46.9 Å². The van der Waals surface area contributed by atoms with Gasteiger partial charge in [-0.05, 0) is 24.3 Å². The van der Waals surface area contributed by atoms with Crippen LogP contribution >= 0.6 is 23.4 Å². The number of hydrogen-bond donors (Lipinski definition) is 2. The van der Waals surface area contributed by atoms with Crippen LogP contribution in [0.1, 0.15) is 0 Å². The lowest BCUT2D eigenvalue weighted by Crippen LogP contribution is -2.16. The van der Waals surface area contributed by atoms with Crippen molar-refractivity contribution in [2.45, 2.75) is 10.7 Å². The highest BCUT2D eigenvalue weighted by Crippen LogP contribution is 2.26. The monoisotopic (exact) mass is 361 g/mol. The van der Waals surface area contributed by atoms with Crippen LogP contribution < -0.4 is 15.6 Å². The molecule has 1 aromatic heterocycles. The van der Waals surface area contributed by atoms with E-state index >= 15 is 0 Å². The summed E-state index contributed by atoms with van der Waals surface area (Å²) in [5.41, 5.74) is -3.70. The van der Waals surface area contributed by atoms with Gasteiger partial charge in [-0.1, -0.05) is 11.8 Å². The molecule has 2 N–H and O–H groups in total. The van der Waals surface area contributed by atoms with Gasteiger partial charge < -0.3 is 15.0 Å². The molecular weight excluding hydrogens is 352 g/mol. The fourth-order valence-corrected chi connectivity index (χ4v) is 2.23. The lowest BCUT2D eigenvalue weighted by Gasteiger charge is -2.11. The zero-order valence-electron chi connectivity index (χ0n) is 11.4. The van der Waals surface area contributed by atoms with Crippen molar-refractivity contribution in [2.24, 2.45) is 0 Å². The molecule has 0 aliphatic carbocycles. The van der Waals surface area contributed by atoms with Gasteiger partial charge in [-0.2, -0.15) is 0 Å². The molecule has 1 heterocycles. The molecule has 2 aromatic rings. The van der Waals surface area contributed by atoms with Gasteiger partial charge in [0.05, 0.1) is 5.75 Å². The second-order valence-corrected chi connectivity index (χ2v) is 5.55. The zero-order chi connectivity index (χ0) is 16.9. The van der Waals surface area contributed by atoms with Crippen molar-refractivity contribution in [1.82, 2.24) is 9.97 Å². The summed E-state index contributed by atoms with van der Waals surface area (Å²) in [6, 6.07) is 6.54. The molecule has 0 aliphatic heterocycles. The van der Waals surface area contributed by atoms with E-state index in [1.807, 2.05) is 0 Å². The number of aromatic nitrogens is 2. The molecule has 0 saturated heterocycles. The number of anilines is 1. The highest BCUT2D eigenvalue weighted by molar-refractivity contribution is 7.99. The highest BCUT2D eigenvalue weighted by Gasteiger charge is 2.27. The maximum Gasteiger partial charge on any atom is 0.487 e. The lowest BCUT2D eigenvalue weighted by molar-refractivity contribution is -0.113. The fraction of sp³-hybridized carbons (Fsp3) is 0.154. The fourth-order valence-electron chi connectivity index (χ4n) is 1.50. The molecule has 0 aliphatic rings. The summed E-state index contributed by atoms with van der Waals surface area (Å²) in [5, 5.41) is 2.88. The number of nitrogens with one attached hydrogen (secondary N) is 2. The highest BCUT2D eigenvalue weighted by atomic mass is 35.5. The number of ether oxygens (including phenoxy) is 1. The Bertz CT molecular complexity index is 734. The minimum Gasteiger partial charge on any atom is -0.420 e. The number of H-pyrrole nitrogens is 1. The molecule has 10 heteroatoms. The first-order valence-electron chi connectivity index (χ1n) is 6.15. The summed E-state index contributed by atoms with van der Waals surface area (Å²) in [4.78, 5) is 29.2. The van der Waals surface area contributed by atoms with E-state index in [2.05, 4.69) is 31.6 Å². The van der Waals surface area contributed by atoms with Gasteiger partial charge in [-0.25, -0.2) is 4.98 Å². The van der Waals surface area contributed by atoms with Crippen molar-refractivity contribution in [2.75, 3.05) is 11.1 Å². The van der Waals surface area contributed by atoms with E-state index in [9.17, 15) is 18.4 Å². The number of carbonyl (C=O) groups excluding carboxylic acids is 1. The molecule has 0 bridgehead atoms. The number of aromatic amines is 1. The number of nitrogens with zero attached hydrogens (tertiary/aromatic N) is 1. The van der Waals surface area contributed by atoms with E-state index in [0.29, 0.717) is 10.8 Å². The Morgan fingerprint density at radius 1 is 1.35 bits per heavy atom. The maximum atomic E-state index is 12.4. The third-order valence-electron chi connectivity index (χ3n) is 2.36. The van der Waals surface area contributed by atoms with Crippen LogP contribution in [0.2, 0.25) is 0 Å². The first-order valence-corrected chi connectivity index (χ1v) is 7.52. The molecule has 0 spiro atoms. The number of benzene rings is 1. The van der Waals surface area contributed by atoms with Gasteiger partial charge in [0.15, 0.2) is 5.16 Å². The van der Waals surface area contributed by atoms with Gasteiger partial charge in [0, 0.05) is 29.6 Å². The Kier molecular flexibility index (Phi) is 5.56. The van der Waals surface area contributed by atoms with E-state index in [4.69, 9.17) is 0 Å². The predicted molar refractivity (Wildman–Crippen MR) is 82.1 cm³/mol. The summed E-state index contributed by atoms with van der Waals surface area (Å²) in [6.07, 6.45) is 1.34. The summed E-state index contributed by atoms with van der Waals surface area (Å²) in [6.45, 7) is 0. The van der Waals surface area contributed by atoms with Gasteiger partial charge in [-0.15, -0.1) is 8.78 Å². The number of alkyl halides is 3. The summed E-state index contributed by atoms with van der Waals surface area (Å²) >= 11 is 5.70. The van der Waals surface area contributed by atoms with E-state index in [-0.39, 0.29) is 23.0 Å². The Morgan fingerprint density at radius 2 is 2.04 bits per heavy atom. The number of halogens is 3. The molecule has 0 unspecified atom stereocenters. The quantitative estimate of drug-likeness (QED) is 0.469. The lowest BCUT2D eigenvalue weighted by atomic mass is 10.3. The van der Waals surface area contributed by atoms with Crippen LogP contribution in [0.25, 0.3) is 0 Å². The van der Waals surface area contributed by atoms with Crippen molar-refractivity contribution < 1.29 is 18.3 Å². The molecule has 1 amide bonds. The first-order chi connectivity index (χ1) is 10.8. The van der Waals surface area contributed by atoms with Gasteiger partial charge in [0.25, 0.3) is 5.56 Å². The molecule has 0 radical (unpaired) electrons. The average Bonchev–Trinajstić information content (AvgIpc) is 2.46. The molecule has 122 valence electrons. The van der Waals surface area contributed by atoms with E-state index in [1.54, 1.807) is 0 Å². The van der Waals surface area contributed by atoms with Gasteiger partial charge in [-0.3, -0.25) is 9.59 Å². The third kappa shape index (κ3) is 6.25. The second-order valence-electron chi connectivity index (χ2n) is 4.15. The maximum absolute atomic E-state index is 12.4. The summed E-state index contributed by atoms with van der Waals surface area (Å²) < 4.78 is 29.0. The van der Waals surface area contributed by atoms with Gasteiger partial charge in [0.2, 0.25) is 5.91 Å². The molecule has 6 nitrogen and oxygen atoms in total. The second kappa shape index (κ2) is 7.42. The van der Waals surface area contributed by atoms with Crippen LogP contribution in [0.3, 0.4) is 0 Å². The SMILES string of the molecule is O=C(CSc1nccc(=O)[nH]1)Nc1ccc(OC(F)(F)Cl)cc1. The summed E-state index contributed by atoms with van der Waals surface area (Å²) in [5.74, 6) is -0.466. The van der Waals surface area contributed by atoms with E-state index in [1.165, 1.54) is 36.5 Å². The van der Waals surface area contributed by atoms with E-state index in [0.717, 1.165) is 11.8 Å². The third-order valence-corrected chi connectivity index (χ3v) is 3.32. The first kappa shape index (κ1) is 17.2. The minimum absolute atomic E-state index is 0.0188. The van der Waals surface area contributed by atoms with Crippen LogP contribution in [0.5, 0.6) is 5.75 Å². The van der Waals surface area contributed by atoms with Crippen molar-refractivity contribution in [1.29, 1.82) is 0 Å². The zero-order valence-corrected chi connectivity index (χ0v) is 13.0. The Hall–Kier alpha value is -2.13. The van der Waals surface area contributed by atoms with E-state index < -0.39 is 5.57 Å². The predicted octanol–water partition coefficient (Wildman–Crippen LogP) is 2.67. The van der Waals surface area contributed by atoms with Crippen LogP contribution in [-0.4, -0.2) is 27.2 Å². The van der Waals surface area contributed by atoms with Crippen molar-refractivity contribution in [3.8, 4) is 5.75 Å². The van der Waals surface area contributed by atoms with Crippen LogP contribution in [-0.2, 0) is 4.79 Å². The molecule has 0 saturated carbocycles. The largest absolute Gasteiger partial charge is 0.487 e. The topological polar surface area (TPSA) is 84.1 Å². The molecule has 0 fully saturated rings. The number of thioether (sulfide) groups is 1. The number of amides is 1. The Morgan fingerprint density at radius 3 is 2.65 bits per heavy atom. The number of rotatable bonds is 6. The molecule has 0 atom stereocenters. The van der Waals surface area contributed by atoms with Crippen LogP contribution in [0, 0.1) is 0 Å². The van der Waals surface area contributed by atoms with Crippen LogP contribution in [0.4, 0.5) is 14.5 Å². The minimum atomic E-state index is -3.79. The molecule has 2 rings (SSSR count). The normalized spacial score (nSPS) is 11.1. The smallest absolute Gasteiger partial charge is 0.420 e. The van der Waals surface area contributed by atoms with Crippen molar-refractivity contribution >= 4 is 35.0 Å². The molecule has 1 aromatic carbocycles. The number of hydrogen-bond acceptors (Lipinski definition) is 5. The average molecular weight is 362 g/mol. The number of carbonyl (C=O) groups is 1. The Balaban J connectivity index is 1.86. The Labute approximate surface area is 138 Å². The van der Waals surface area contributed by atoms with Crippen LogP contribution in [0.15, 0.2) is 46.5 Å². The molecule has 23 heavy (non-hydrogen) atoms.